The molecular formula is C15H11Cl2FO2. The van der Waals surface area contributed by atoms with Crippen molar-refractivity contribution in [1.82, 2.24) is 0 Å². The fraction of sp³-hybridized carbons (Fsp3) is 0.133. The highest BCUT2D eigenvalue weighted by Gasteiger charge is 2.10. The summed E-state index contributed by atoms with van der Waals surface area (Å²) in [6.07, 6.45) is 0. The molecule has 104 valence electrons. The zero-order valence-electron chi connectivity index (χ0n) is 10.6. The number of carbonyl (C=O) groups excluding carboxylic acids is 1. The van der Waals surface area contributed by atoms with E-state index < -0.39 is 5.82 Å². The topological polar surface area (TPSA) is 26.3 Å². The summed E-state index contributed by atoms with van der Waals surface area (Å²) in [5.74, 6) is -0.238. The average Bonchev–Trinajstić information content (AvgIpc) is 2.41. The molecule has 0 saturated heterocycles. The van der Waals surface area contributed by atoms with Crippen molar-refractivity contribution in [2.45, 2.75) is 13.5 Å². The summed E-state index contributed by atoms with van der Waals surface area (Å²) < 4.78 is 18.9. The molecule has 5 heteroatoms. The predicted octanol–water partition coefficient (Wildman–Crippen LogP) is 4.91. The average molecular weight is 313 g/mol. The van der Waals surface area contributed by atoms with Gasteiger partial charge in [-0.2, -0.15) is 0 Å². The van der Waals surface area contributed by atoms with Crippen molar-refractivity contribution in [2.75, 3.05) is 0 Å². The molecule has 0 atom stereocenters. The maximum Gasteiger partial charge on any atom is 0.163 e. The van der Waals surface area contributed by atoms with Crippen molar-refractivity contribution < 1.29 is 13.9 Å². The zero-order valence-corrected chi connectivity index (χ0v) is 12.1. The van der Waals surface area contributed by atoms with Gasteiger partial charge in [-0.25, -0.2) is 4.39 Å². The van der Waals surface area contributed by atoms with Gasteiger partial charge in [0.05, 0.1) is 10.6 Å². The van der Waals surface area contributed by atoms with Crippen LogP contribution >= 0.6 is 23.2 Å². The molecule has 0 aromatic heterocycles. The van der Waals surface area contributed by atoms with Crippen LogP contribution in [0.25, 0.3) is 0 Å². The summed E-state index contributed by atoms with van der Waals surface area (Å²) in [5.41, 5.74) is 1.02. The first kappa shape index (κ1) is 14.8. The van der Waals surface area contributed by atoms with Crippen molar-refractivity contribution in [3.05, 3.63) is 63.4 Å². The van der Waals surface area contributed by atoms with Crippen molar-refractivity contribution in [2.24, 2.45) is 0 Å². The summed E-state index contributed by atoms with van der Waals surface area (Å²) >= 11 is 11.5. The summed E-state index contributed by atoms with van der Waals surface area (Å²) in [4.78, 5) is 11.5. The van der Waals surface area contributed by atoms with Crippen LogP contribution in [0.1, 0.15) is 22.8 Å². The molecule has 0 bridgehead atoms. The summed E-state index contributed by atoms with van der Waals surface area (Å²) in [5, 5.41) is 0.518. The second-order valence-corrected chi connectivity index (χ2v) is 5.08. The van der Waals surface area contributed by atoms with Crippen molar-refractivity contribution in [3.63, 3.8) is 0 Å². The second-order valence-electron chi connectivity index (χ2n) is 4.23. The van der Waals surface area contributed by atoms with Crippen LogP contribution in [-0.2, 0) is 6.61 Å². The number of ketones is 1. The quantitative estimate of drug-likeness (QED) is 0.749. The van der Waals surface area contributed by atoms with Crippen molar-refractivity contribution in [1.29, 1.82) is 0 Å². The van der Waals surface area contributed by atoms with Gasteiger partial charge < -0.3 is 4.74 Å². The molecule has 2 nitrogen and oxygen atoms in total. The van der Waals surface area contributed by atoms with Crippen molar-refractivity contribution in [3.8, 4) is 5.75 Å². The molecule has 0 aliphatic heterocycles. The van der Waals surface area contributed by atoms with Crippen molar-refractivity contribution >= 4 is 29.0 Å². The highest BCUT2D eigenvalue weighted by Crippen LogP contribution is 2.25. The fourth-order valence-electron chi connectivity index (χ4n) is 1.69. The molecule has 0 N–H and O–H groups in total. The van der Waals surface area contributed by atoms with Gasteiger partial charge in [0.1, 0.15) is 18.2 Å². The van der Waals surface area contributed by atoms with Crippen LogP contribution in [0.3, 0.4) is 0 Å². The van der Waals surface area contributed by atoms with Gasteiger partial charge in [-0.3, -0.25) is 4.79 Å². The fourth-order valence-corrected chi connectivity index (χ4v) is 1.98. The van der Waals surface area contributed by atoms with E-state index in [1.54, 1.807) is 24.3 Å². The molecule has 0 radical (unpaired) electrons. The number of benzene rings is 2. The maximum atomic E-state index is 13.3. The Hall–Kier alpha value is -1.58. The van der Waals surface area contributed by atoms with E-state index in [1.807, 2.05) is 0 Å². The molecule has 2 rings (SSSR count). The second kappa shape index (κ2) is 6.25. The van der Waals surface area contributed by atoms with Gasteiger partial charge in [0, 0.05) is 5.02 Å². The van der Waals surface area contributed by atoms with E-state index in [9.17, 15) is 9.18 Å². The lowest BCUT2D eigenvalue weighted by Crippen LogP contribution is -2.02. The lowest BCUT2D eigenvalue weighted by Gasteiger charge is -2.10. The molecule has 2 aromatic rings. The van der Waals surface area contributed by atoms with E-state index in [1.165, 1.54) is 19.1 Å². The van der Waals surface area contributed by atoms with Gasteiger partial charge in [0.15, 0.2) is 5.78 Å². The highest BCUT2D eigenvalue weighted by molar-refractivity contribution is 6.31. The Kier molecular flexibility index (Phi) is 4.63. The first-order valence-corrected chi connectivity index (χ1v) is 6.60. The third-order valence-electron chi connectivity index (χ3n) is 2.70. The number of rotatable bonds is 4. The lowest BCUT2D eigenvalue weighted by molar-refractivity contribution is 0.101. The minimum absolute atomic E-state index is 0.0599. The number of Topliss-reactive ketones (excluding diaryl/α,β-unsaturated/α-hetero) is 1. The highest BCUT2D eigenvalue weighted by atomic mass is 35.5. The Morgan fingerprint density at radius 2 is 1.95 bits per heavy atom. The summed E-state index contributed by atoms with van der Waals surface area (Å²) in [6.45, 7) is 1.57. The molecule has 0 unspecified atom stereocenters. The standard InChI is InChI=1S/C15H11Cl2FO2/c1-9(19)12-7-11(16)3-5-15(12)20-8-10-2-4-13(17)14(18)6-10/h2-7H,8H2,1H3. The largest absolute Gasteiger partial charge is 0.488 e. The third-order valence-corrected chi connectivity index (χ3v) is 3.24. The van der Waals surface area contributed by atoms with Crippen LogP contribution in [0.2, 0.25) is 10.0 Å². The molecular weight excluding hydrogens is 302 g/mol. The van der Waals surface area contributed by atoms with Crippen LogP contribution in [0, 0.1) is 5.82 Å². The van der Waals surface area contributed by atoms with Crippen LogP contribution in [0.4, 0.5) is 4.39 Å². The minimum Gasteiger partial charge on any atom is -0.488 e. The number of carbonyl (C=O) groups is 1. The van der Waals surface area contributed by atoms with E-state index in [-0.39, 0.29) is 17.4 Å². The summed E-state index contributed by atoms with van der Waals surface area (Å²) in [6, 6.07) is 9.21. The number of hydrogen-bond acceptors (Lipinski definition) is 2. The smallest absolute Gasteiger partial charge is 0.163 e. The molecule has 0 spiro atoms. The van der Waals surface area contributed by atoms with E-state index in [2.05, 4.69) is 0 Å². The van der Waals surface area contributed by atoms with E-state index in [4.69, 9.17) is 27.9 Å². The van der Waals surface area contributed by atoms with Gasteiger partial charge in [-0.15, -0.1) is 0 Å². The monoisotopic (exact) mass is 312 g/mol. The Morgan fingerprint density at radius 3 is 2.60 bits per heavy atom. The normalized spacial score (nSPS) is 10.4. The first-order valence-electron chi connectivity index (χ1n) is 5.84. The SMILES string of the molecule is CC(=O)c1cc(Cl)ccc1OCc1ccc(Cl)c(F)c1. The lowest BCUT2D eigenvalue weighted by atomic mass is 10.1. The van der Waals surface area contributed by atoms with Crippen LogP contribution in [0.15, 0.2) is 36.4 Å². The van der Waals surface area contributed by atoms with Gasteiger partial charge >= 0.3 is 0 Å². The van der Waals surface area contributed by atoms with Crippen LogP contribution in [0.5, 0.6) is 5.75 Å². The van der Waals surface area contributed by atoms with Gasteiger partial charge in [0.25, 0.3) is 0 Å². The Labute approximate surface area is 126 Å². The van der Waals surface area contributed by atoms with Crippen LogP contribution in [-0.4, -0.2) is 5.78 Å². The minimum atomic E-state index is -0.504. The van der Waals surface area contributed by atoms with E-state index in [0.717, 1.165) is 0 Å². The molecule has 0 heterocycles. The Bertz CT molecular complexity index is 656. The van der Waals surface area contributed by atoms with Crippen LogP contribution < -0.4 is 4.74 Å². The first-order chi connectivity index (χ1) is 9.47. The molecule has 0 aliphatic carbocycles. The molecule has 0 aliphatic rings. The zero-order chi connectivity index (χ0) is 14.7. The molecule has 20 heavy (non-hydrogen) atoms. The maximum absolute atomic E-state index is 13.3. The third kappa shape index (κ3) is 3.50. The molecule has 2 aromatic carbocycles. The van der Waals surface area contributed by atoms with Gasteiger partial charge in [-0.05, 0) is 42.8 Å². The summed E-state index contributed by atoms with van der Waals surface area (Å²) in [7, 11) is 0. The van der Waals surface area contributed by atoms with E-state index in [0.29, 0.717) is 21.9 Å². The Morgan fingerprint density at radius 1 is 1.20 bits per heavy atom. The number of ether oxygens (including phenoxy) is 1. The van der Waals surface area contributed by atoms with E-state index >= 15 is 0 Å². The molecule has 0 amide bonds. The van der Waals surface area contributed by atoms with Gasteiger partial charge in [-0.1, -0.05) is 29.3 Å². The number of hydrogen-bond donors (Lipinski definition) is 0. The van der Waals surface area contributed by atoms with Gasteiger partial charge in [0.2, 0.25) is 0 Å². The molecule has 0 saturated carbocycles. The predicted molar refractivity (Wildman–Crippen MR) is 77.2 cm³/mol. The number of halogens is 3. The Balaban J connectivity index is 2.18. The molecule has 0 fully saturated rings.